The third kappa shape index (κ3) is 4.85. The summed E-state index contributed by atoms with van der Waals surface area (Å²) in [6, 6.07) is 16.8. The van der Waals surface area contributed by atoms with Crippen molar-refractivity contribution in [2.24, 2.45) is 0 Å². The van der Waals surface area contributed by atoms with Gasteiger partial charge in [-0.2, -0.15) is 0 Å². The highest BCUT2D eigenvalue weighted by atomic mass is 16.6. The lowest BCUT2D eigenvalue weighted by atomic mass is 9.92. The number of aryl methyl sites for hydroxylation is 1. The Morgan fingerprint density at radius 2 is 1.73 bits per heavy atom. The van der Waals surface area contributed by atoms with Gasteiger partial charge in [-0.15, -0.1) is 0 Å². The van der Waals surface area contributed by atoms with Crippen molar-refractivity contribution in [3.63, 3.8) is 0 Å². The molecule has 0 aliphatic heterocycles. The average Bonchev–Trinajstić information content (AvgIpc) is 2.63. The molecule has 1 fully saturated rings. The number of anilines is 1. The van der Waals surface area contributed by atoms with Gasteiger partial charge in [0.05, 0.1) is 0 Å². The van der Waals surface area contributed by atoms with Crippen molar-refractivity contribution in [1.29, 1.82) is 0 Å². The van der Waals surface area contributed by atoms with Crippen molar-refractivity contribution in [3.8, 4) is 0 Å². The van der Waals surface area contributed by atoms with E-state index in [1.165, 1.54) is 0 Å². The number of carbonyl (C=O) groups is 2. The molecule has 0 aromatic heterocycles. The van der Waals surface area contributed by atoms with Gasteiger partial charge in [0, 0.05) is 23.7 Å². The van der Waals surface area contributed by atoms with Gasteiger partial charge >= 0.3 is 6.09 Å². The highest BCUT2D eigenvalue weighted by molar-refractivity contribution is 5.95. The van der Waals surface area contributed by atoms with E-state index < -0.39 is 6.09 Å². The topological polar surface area (TPSA) is 67.4 Å². The summed E-state index contributed by atoms with van der Waals surface area (Å²) in [7, 11) is 0. The summed E-state index contributed by atoms with van der Waals surface area (Å²) in [4.78, 5) is 24.5. The molecule has 2 aromatic rings. The lowest BCUT2D eigenvalue weighted by Crippen LogP contribution is -2.41. The highest BCUT2D eigenvalue weighted by Gasteiger charge is 2.26. The Labute approximate surface area is 153 Å². The molecule has 0 spiro atoms. The average molecular weight is 352 g/mol. The third-order valence-corrected chi connectivity index (χ3v) is 4.64. The molecule has 0 saturated heterocycles. The van der Waals surface area contributed by atoms with Crippen molar-refractivity contribution in [3.05, 3.63) is 65.7 Å². The second-order valence-corrected chi connectivity index (χ2v) is 6.67. The van der Waals surface area contributed by atoms with Crippen molar-refractivity contribution in [1.82, 2.24) is 5.32 Å². The van der Waals surface area contributed by atoms with Crippen LogP contribution in [0.3, 0.4) is 0 Å². The van der Waals surface area contributed by atoms with Crippen LogP contribution in [0.25, 0.3) is 0 Å². The van der Waals surface area contributed by atoms with Gasteiger partial charge in [-0.3, -0.25) is 10.1 Å². The molecular formula is C21H24N2O3. The number of carbonyl (C=O) groups excluding carboxylic acids is 2. The monoisotopic (exact) mass is 352 g/mol. The molecule has 2 N–H and O–H groups in total. The molecule has 1 aliphatic carbocycles. The van der Waals surface area contributed by atoms with E-state index >= 15 is 0 Å². The number of hydrogen-bond acceptors (Lipinski definition) is 3. The Bertz CT molecular complexity index is 761. The van der Waals surface area contributed by atoms with Crippen LogP contribution in [0, 0.1) is 6.92 Å². The van der Waals surface area contributed by atoms with Gasteiger partial charge in [0.2, 0.25) is 0 Å². The van der Waals surface area contributed by atoms with E-state index in [4.69, 9.17) is 4.74 Å². The quantitative estimate of drug-likeness (QED) is 0.863. The van der Waals surface area contributed by atoms with Crippen LogP contribution in [-0.2, 0) is 4.74 Å². The fraction of sp³-hybridized carbons (Fsp3) is 0.333. The number of para-hydroxylation sites is 1. The van der Waals surface area contributed by atoms with Crippen molar-refractivity contribution < 1.29 is 14.3 Å². The van der Waals surface area contributed by atoms with Gasteiger partial charge in [-0.25, -0.2) is 4.79 Å². The first-order valence-corrected chi connectivity index (χ1v) is 9.01. The summed E-state index contributed by atoms with van der Waals surface area (Å²) in [5, 5.41) is 5.81. The van der Waals surface area contributed by atoms with Gasteiger partial charge in [0.1, 0.15) is 6.10 Å². The Balaban J connectivity index is 1.52. The number of hydrogen-bond donors (Lipinski definition) is 2. The maximum Gasteiger partial charge on any atom is 0.411 e. The zero-order valence-electron chi connectivity index (χ0n) is 14.9. The summed E-state index contributed by atoms with van der Waals surface area (Å²) in [5.74, 6) is -0.0671. The lowest BCUT2D eigenvalue weighted by Gasteiger charge is -2.29. The van der Waals surface area contributed by atoms with Crippen LogP contribution in [0.5, 0.6) is 0 Å². The first-order chi connectivity index (χ1) is 12.6. The minimum Gasteiger partial charge on any atom is -0.446 e. The van der Waals surface area contributed by atoms with Gasteiger partial charge in [-0.1, -0.05) is 36.4 Å². The molecule has 0 heterocycles. The molecule has 0 unspecified atom stereocenters. The Morgan fingerprint density at radius 1 is 1.00 bits per heavy atom. The summed E-state index contributed by atoms with van der Waals surface area (Å²) in [5.41, 5.74) is 2.35. The third-order valence-electron chi connectivity index (χ3n) is 4.64. The predicted molar refractivity (Wildman–Crippen MR) is 101 cm³/mol. The van der Waals surface area contributed by atoms with E-state index in [2.05, 4.69) is 10.6 Å². The standard InChI is InChI=1S/C21H24N2O3/c1-15-8-5-6-13-19(15)20(24)22-17-11-7-12-18(14-17)26-21(25)23-16-9-3-2-4-10-16/h2-6,8-10,13,17-18H,7,11-12,14H2,1H3,(H,22,24)(H,23,25)/t17-,18+/m1/s1. The lowest BCUT2D eigenvalue weighted by molar-refractivity contribution is 0.0712. The zero-order chi connectivity index (χ0) is 18.4. The van der Waals surface area contributed by atoms with E-state index in [-0.39, 0.29) is 18.1 Å². The number of rotatable bonds is 4. The molecule has 0 bridgehead atoms. The molecule has 0 radical (unpaired) electrons. The summed E-state index contributed by atoms with van der Waals surface area (Å²) >= 11 is 0. The number of amides is 2. The van der Waals surface area contributed by atoms with Crippen LogP contribution in [-0.4, -0.2) is 24.1 Å². The van der Waals surface area contributed by atoms with Crippen molar-refractivity contribution in [2.75, 3.05) is 5.32 Å². The molecule has 2 amide bonds. The summed E-state index contributed by atoms with van der Waals surface area (Å²) in [6.45, 7) is 1.93. The summed E-state index contributed by atoms with van der Waals surface area (Å²) in [6.07, 6.45) is 2.64. The van der Waals surface area contributed by atoms with Gasteiger partial charge < -0.3 is 10.1 Å². The van der Waals surface area contributed by atoms with E-state index in [1.807, 2.05) is 61.5 Å². The minimum atomic E-state index is -0.452. The molecule has 136 valence electrons. The molecule has 26 heavy (non-hydrogen) atoms. The molecule has 2 aromatic carbocycles. The molecule has 1 aliphatic rings. The van der Waals surface area contributed by atoms with Crippen LogP contribution in [0.4, 0.5) is 10.5 Å². The molecule has 2 atom stereocenters. The first-order valence-electron chi connectivity index (χ1n) is 9.01. The molecule has 5 heteroatoms. The molecule has 5 nitrogen and oxygen atoms in total. The molecule has 3 rings (SSSR count). The van der Waals surface area contributed by atoms with Gasteiger partial charge in [0.15, 0.2) is 0 Å². The van der Waals surface area contributed by atoms with Crippen LogP contribution in [0.1, 0.15) is 41.6 Å². The highest BCUT2D eigenvalue weighted by Crippen LogP contribution is 2.22. The number of ether oxygens (including phenoxy) is 1. The van der Waals surface area contributed by atoms with Crippen LogP contribution in [0.15, 0.2) is 54.6 Å². The first kappa shape index (κ1) is 18.0. The van der Waals surface area contributed by atoms with Crippen molar-refractivity contribution >= 4 is 17.7 Å². The predicted octanol–water partition coefficient (Wildman–Crippen LogP) is 4.28. The van der Waals surface area contributed by atoms with E-state index in [0.717, 1.165) is 24.8 Å². The minimum absolute atomic E-state index is 0.0189. The van der Waals surface area contributed by atoms with Crippen LogP contribution < -0.4 is 10.6 Å². The number of benzene rings is 2. The van der Waals surface area contributed by atoms with Crippen LogP contribution >= 0.6 is 0 Å². The van der Waals surface area contributed by atoms with Gasteiger partial charge in [0.25, 0.3) is 5.91 Å². The molecule has 1 saturated carbocycles. The van der Waals surface area contributed by atoms with E-state index in [9.17, 15) is 9.59 Å². The second-order valence-electron chi connectivity index (χ2n) is 6.67. The zero-order valence-corrected chi connectivity index (χ0v) is 14.9. The maximum absolute atomic E-state index is 12.5. The van der Waals surface area contributed by atoms with Crippen LogP contribution in [0.2, 0.25) is 0 Å². The van der Waals surface area contributed by atoms with E-state index in [1.54, 1.807) is 0 Å². The fourth-order valence-electron chi connectivity index (χ4n) is 3.29. The smallest absolute Gasteiger partial charge is 0.411 e. The largest absolute Gasteiger partial charge is 0.446 e. The summed E-state index contributed by atoms with van der Waals surface area (Å²) < 4.78 is 5.54. The Hall–Kier alpha value is -2.82. The van der Waals surface area contributed by atoms with Crippen molar-refractivity contribution in [2.45, 2.75) is 44.8 Å². The Morgan fingerprint density at radius 3 is 2.50 bits per heavy atom. The number of nitrogens with one attached hydrogen (secondary N) is 2. The normalized spacial score (nSPS) is 19.4. The van der Waals surface area contributed by atoms with Gasteiger partial charge in [-0.05, 0) is 49.9 Å². The second kappa shape index (κ2) is 8.52. The SMILES string of the molecule is Cc1ccccc1C(=O)N[C@@H]1CCC[C@H](OC(=O)Nc2ccccc2)C1. The maximum atomic E-state index is 12.5. The Kier molecular flexibility index (Phi) is 5.89. The molecular weight excluding hydrogens is 328 g/mol. The fourth-order valence-corrected chi connectivity index (χ4v) is 3.29. The van der Waals surface area contributed by atoms with E-state index in [0.29, 0.717) is 17.7 Å².